The van der Waals surface area contributed by atoms with Gasteiger partial charge in [-0.15, -0.1) is 0 Å². The number of nitrogens with zero attached hydrogens (tertiary/aromatic N) is 2. The second-order valence-electron chi connectivity index (χ2n) is 4.37. The lowest BCUT2D eigenvalue weighted by atomic mass is 10.1. The molecule has 0 atom stereocenters. The first-order valence-electron chi connectivity index (χ1n) is 6.13. The average Bonchev–Trinajstić information content (AvgIpc) is 2.97. The highest BCUT2D eigenvalue weighted by Crippen LogP contribution is 2.21. The standard InChI is InChI=1S/C16H11FN2O/c17-15-8-12(11-20)6-7-16(15)19-10-14(9-18-19)13-4-2-1-3-5-13/h1-11H. The van der Waals surface area contributed by atoms with Gasteiger partial charge in [0.25, 0.3) is 0 Å². The normalized spacial score (nSPS) is 10.4. The molecule has 0 saturated carbocycles. The first kappa shape index (κ1) is 12.3. The fourth-order valence-corrected chi connectivity index (χ4v) is 2.02. The number of aldehydes is 1. The Morgan fingerprint density at radius 1 is 1.05 bits per heavy atom. The zero-order valence-electron chi connectivity index (χ0n) is 10.5. The minimum atomic E-state index is -0.475. The second kappa shape index (κ2) is 5.09. The molecule has 0 radical (unpaired) electrons. The van der Waals surface area contributed by atoms with Crippen LogP contribution in [0, 0.1) is 5.82 Å². The van der Waals surface area contributed by atoms with Crippen molar-refractivity contribution in [3.63, 3.8) is 0 Å². The van der Waals surface area contributed by atoms with Crippen LogP contribution in [-0.4, -0.2) is 16.1 Å². The van der Waals surface area contributed by atoms with Crippen molar-refractivity contribution < 1.29 is 9.18 Å². The molecule has 0 bridgehead atoms. The van der Waals surface area contributed by atoms with Crippen LogP contribution in [0.5, 0.6) is 0 Å². The van der Waals surface area contributed by atoms with Gasteiger partial charge in [0.15, 0.2) is 0 Å². The molecule has 0 unspecified atom stereocenters. The molecule has 4 heteroatoms. The molecular weight excluding hydrogens is 255 g/mol. The molecule has 1 aromatic heterocycles. The highest BCUT2D eigenvalue weighted by molar-refractivity contribution is 5.75. The number of carbonyl (C=O) groups is 1. The summed E-state index contributed by atoms with van der Waals surface area (Å²) >= 11 is 0. The molecule has 0 saturated heterocycles. The van der Waals surface area contributed by atoms with Gasteiger partial charge in [-0.1, -0.05) is 30.3 Å². The van der Waals surface area contributed by atoms with Crippen LogP contribution in [0.4, 0.5) is 4.39 Å². The zero-order valence-corrected chi connectivity index (χ0v) is 10.5. The monoisotopic (exact) mass is 266 g/mol. The van der Waals surface area contributed by atoms with Crippen molar-refractivity contribution in [1.82, 2.24) is 9.78 Å². The van der Waals surface area contributed by atoms with Crippen LogP contribution >= 0.6 is 0 Å². The highest BCUT2D eigenvalue weighted by Gasteiger charge is 2.08. The first-order chi connectivity index (χ1) is 9.78. The van der Waals surface area contributed by atoms with E-state index in [-0.39, 0.29) is 0 Å². The molecule has 1 heterocycles. The molecule has 0 aliphatic heterocycles. The molecule has 0 amide bonds. The largest absolute Gasteiger partial charge is 0.298 e. The van der Waals surface area contributed by atoms with E-state index in [1.807, 2.05) is 30.3 Å². The third-order valence-electron chi connectivity index (χ3n) is 3.04. The Kier molecular flexibility index (Phi) is 3.13. The van der Waals surface area contributed by atoms with Gasteiger partial charge in [0.1, 0.15) is 17.8 Å². The predicted molar refractivity (Wildman–Crippen MR) is 74.3 cm³/mol. The van der Waals surface area contributed by atoms with Gasteiger partial charge >= 0.3 is 0 Å². The van der Waals surface area contributed by atoms with E-state index in [4.69, 9.17) is 0 Å². The van der Waals surface area contributed by atoms with Crippen LogP contribution in [0.2, 0.25) is 0 Å². The van der Waals surface area contributed by atoms with E-state index >= 15 is 0 Å². The maximum Gasteiger partial charge on any atom is 0.150 e. The van der Waals surface area contributed by atoms with E-state index in [0.717, 1.165) is 11.1 Å². The Morgan fingerprint density at radius 2 is 1.85 bits per heavy atom. The lowest BCUT2D eigenvalue weighted by molar-refractivity contribution is 0.112. The molecule has 0 aliphatic carbocycles. The number of hydrogen-bond donors (Lipinski definition) is 0. The summed E-state index contributed by atoms with van der Waals surface area (Å²) in [5.74, 6) is -0.475. The minimum absolute atomic E-state index is 0.307. The Balaban J connectivity index is 2.00. The molecule has 3 rings (SSSR count). The van der Waals surface area contributed by atoms with Crippen LogP contribution in [-0.2, 0) is 0 Å². The number of hydrogen-bond acceptors (Lipinski definition) is 2. The van der Waals surface area contributed by atoms with Crippen molar-refractivity contribution in [2.45, 2.75) is 0 Å². The van der Waals surface area contributed by atoms with Gasteiger partial charge < -0.3 is 0 Å². The average molecular weight is 266 g/mol. The molecule has 3 aromatic rings. The summed E-state index contributed by atoms with van der Waals surface area (Å²) < 4.78 is 15.4. The predicted octanol–water partition coefficient (Wildman–Crippen LogP) is 3.49. The van der Waals surface area contributed by atoms with Crippen LogP contribution < -0.4 is 0 Å². The summed E-state index contributed by atoms with van der Waals surface area (Å²) in [5.41, 5.74) is 2.55. The minimum Gasteiger partial charge on any atom is -0.298 e. The third kappa shape index (κ3) is 2.23. The van der Waals surface area contributed by atoms with Crippen LogP contribution in [0.25, 0.3) is 16.8 Å². The smallest absolute Gasteiger partial charge is 0.150 e. The van der Waals surface area contributed by atoms with Gasteiger partial charge in [-0.3, -0.25) is 4.79 Å². The van der Waals surface area contributed by atoms with Gasteiger partial charge in [0, 0.05) is 17.3 Å². The van der Waals surface area contributed by atoms with Gasteiger partial charge in [-0.05, 0) is 23.8 Å². The van der Waals surface area contributed by atoms with Crippen molar-refractivity contribution in [2.75, 3.05) is 0 Å². The number of carbonyl (C=O) groups excluding carboxylic acids is 1. The fourth-order valence-electron chi connectivity index (χ4n) is 2.02. The summed E-state index contributed by atoms with van der Waals surface area (Å²) in [6.07, 6.45) is 4.06. The van der Waals surface area contributed by atoms with Gasteiger partial charge in [0.05, 0.1) is 6.20 Å². The molecule has 20 heavy (non-hydrogen) atoms. The van der Waals surface area contributed by atoms with Crippen molar-refractivity contribution in [3.8, 4) is 16.8 Å². The third-order valence-corrected chi connectivity index (χ3v) is 3.04. The van der Waals surface area contributed by atoms with E-state index in [1.54, 1.807) is 24.5 Å². The van der Waals surface area contributed by atoms with E-state index in [0.29, 0.717) is 17.5 Å². The van der Waals surface area contributed by atoms with E-state index in [2.05, 4.69) is 5.10 Å². The first-order valence-corrected chi connectivity index (χ1v) is 6.13. The Bertz CT molecular complexity index is 750. The Labute approximate surface area is 115 Å². The molecule has 0 aliphatic rings. The van der Waals surface area contributed by atoms with Gasteiger partial charge in [-0.2, -0.15) is 5.10 Å². The lowest BCUT2D eigenvalue weighted by Gasteiger charge is -2.03. The van der Waals surface area contributed by atoms with Gasteiger partial charge in [-0.25, -0.2) is 9.07 Å². The van der Waals surface area contributed by atoms with Crippen molar-refractivity contribution in [1.29, 1.82) is 0 Å². The molecule has 98 valence electrons. The van der Waals surface area contributed by atoms with Crippen LogP contribution in [0.15, 0.2) is 60.9 Å². The molecule has 0 spiro atoms. The summed E-state index contributed by atoms with van der Waals surface area (Å²) in [7, 11) is 0. The number of benzene rings is 2. The van der Waals surface area contributed by atoms with Crippen LogP contribution in [0.1, 0.15) is 10.4 Å². The molecule has 0 fully saturated rings. The summed E-state index contributed by atoms with van der Waals surface area (Å²) in [4.78, 5) is 10.6. The van der Waals surface area contributed by atoms with Gasteiger partial charge in [0.2, 0.25) is 0 Å². The maximum absolute atomic E-state index is 13.9. The Morgan fingerprint density at radius 3 is 2.55 bits per heavy atom. The van der Waals surface area contributed by atoms with Crippen LogP contribution in [0.3, 0.4) is 0 Å². The SMILES string of the molecule is O=Cc1ccc(-n2cc(-c3ccccc3)cn2)c(F)c1. The lowest BCUT2D eigenvalue weighted by Crippen LogP contribution is -1.98. The molecular formula is C16H11FN2O. The van der Waals surface area contributed by atoms with Crippen molar-refractivity contribution in [3.05, 3.63) is 72.3 Å². The summed E-state index contributed by atoms with van der Waals surface area (Å²) in [5, 5.41) is 4.17. The number of aromatic nitrogens is 2. The highest BCUT2D eigenvalue weighted by atomic mass is 19.1. The fraction of sp³-hybridized carbons (Fsp3) is 0. The maximum atomic E-state index is 13.9. The Hall–Kier alpha value is -2.75. The van der Waals surface area contributed by atoms with Crippen molar-refractivity contribution in [2.24, 2.45) is 0 Å². The summed E-state index contributed by atoms with van der Waals surface area (Å²) in [6.45, 7) is 0. The molecule has 3 nitrogen and oxygen atoms in total. The second-order valence-corrected chi connectivity index (χ2v) is 4.37. The molecule has 2 aromatic carbocycles. The quantitative estimate of drug-likeness (QED) is 0.680. The van der Waals surface area contributed by atoms with Crippen molar-refractivity contribution >= 4 is 6.29 Å². The topological polar surface area (TPSA) is 34.9 Å². The van der Waals surface area contributed by atoms with E-state index in [1.165, 1.54) is 10.7 Å². The van der Waals surface area contributed by atoms with E-state index in [9.17, 15) is 9.18 Å². The summed E-state index contributed by atoms with van der Waals surface area (Å²) in [6, 6.07) is 14.0. The number of rotatable bonds is 3. The number of halogens is 1. The molecule has 0 N–H and O–H groups in total. The zero-order chi connectivity index (χ0) is 13.9. The van der Waals surface area contributed by atoms with E-state index < -0.39 is 5.82 Å².